The molecule has 120 valence electrons. The normalized spacial score (nSPS) is 14.6. The molecule has 5 nitrogen and oxygen atoms in total. The lowest BCUT2D eigenvalue weighted by atomic mass is 10.1. The number of anilines is 2. The number of aromatic nitrogens is 2. The topological polar surface area (TPSA) is 58.1 Å². The molecule has 2 aromatic rings. The molecular formula is C17H19BrN4O. The highest BCUT2D eigenvalue weighted by atomic mass is 79.9. The Morgan fingerprint density at radius 3 is 2.74 bits per heavy atom. The standard InChI is InChI=1S/C17H19BrN4O/c1-12-5-6-14(13(18)11-12)20-16(23)15-7-8-19-17(21-15)22-9-3-2-4-10-22/h5-8,11H,2-4,9-10H2,1H3,(H,20,23). The molecule has 1 amide bonds. The highest BCUT2D eigenvalue weighted by Crippen LogP contribution is 2.24. The van der Waals surface area contributed by atoms with Crippen LogP contribution in [-0.2, 0) is 0 Å². The monoisotopic (exact) mass is 374 g/mol. The van der Waals surface area contributed by atoms with Crippen LogP contribution in [0.5, 0.6) is 0 Å². The third-order valence-electron chi connectivity index (χ3n) is 3.89. The number of benzene rings is 1. The van der Waals surface area contributed by atoms with Crippen molar-refractivity contribution in [2.24, 2.45) is 0 Å². The van der Waals surface area contributed by atoms with Gasteiger partial charge in [0.1, 0.15) is 5.69 Å². The summed E-state index contributed by atoms with van der Waals surface area (Å²) in [6, 6.07) is 7.45. The maximum atomic E-state index is 12.4. The van der Waals surface area contributed by atoms with Crippen LogP contribution in [0, 0.1) is 6.92 Å². The summed E-state index contributed by atoms with van der Waals surface area (Å²) in [4.78, 5) is 23.3. The van der Waals surface area contributed by atoms with Crippen LogP contribution in [-0.4, -0.2) is 29.0 Å². The Balaban J connectivity index is 1.76. The number of amides is 1. The van der Waals surface area contributed by atoms with Crippen molar-refractivity contribution in [2.45, 2.75) is 26.2 Å². The molecule has 2 heterocycles. The van der Waals surface area contributed by atoms with E-state index in [4.69, 9.17) is 0 Å². The first-order chi connectivity index (χ1) is 11.1. The average Bonchev–Trinajstić information content (AvgIpc) is 2.58. The number of halogens is 1. The first kappa shape index (κ1) is 15.9. The minimum Gasteiger partial charge on any atom is -0.341 e. The van der Waals surface area contributed by atoms with Crippen molar-refractivity contribution in [3.8, 4) is 0 Å². The van der Waals surface area contributed by atoms with Crippen LogP contribution in [0.1, 0.15) is 35.3 Å². The largest absolute Gasteiger partial charge is 0.341 e. The van der Waals surface area contributed by atoms with Crippen LogP contribution >= 0.6 is 15.9 Å². The summed E-state index contributed by atoms with van der Waals surface area (Å²) < 4.78 is 0.858. The molecule has 0 spiro atoms. The van der Waals surface area contributed by atoms with Gasteiger partial charge in [-0.2, -0.15) is 0 Å². The molecule has 0 unspecified atom stereocenters. The molecule has 1 aromatic carbocycles. The third-order valence-corrected chi connectivity index (χ3v) is 4.54. The number of aryl methyl sites for hydroxylation is 1. The molecule has 1 fully saturated rings. The smallest absolute Gasteiger partial charge is 0.274 e. The van der Waals surface area contributed by atoms with Crippen molar-refractivity contribution in [3.63, 3.8) is 0 Å². The zero-order valence-electron chi connectivity index (χ0n) is 13.1. The quantitative estimate of drug-likeness (QED) is 0.887. The molecule has 23 heavy (non-hydrogen) atoms. The van der Waals surface area contributed by atoms with E-state index < -0.39 is 0 Å². The average molecular weight is 375 g/mol. The van der Waals surface area contributed by atoms with Gasteiger partial charge in [0.25, 0.3) is 5.91 Å². The van der Waals surface area contributed by atoms with Gasteiger partial charge in [0.2, 0.25) is 5.95 Å². The van der Waals surface area contributed by atoms with E-state index >= 15 is 0 Å². The number of piperidine rings is 1. The van der Waals surface area contributed by atoms with Gasteiger partial charge in [0.15, 0.2) is 0 Å². The van der Waals surface area contributed by atoms with Crippen LogP contribution in [0.3, 0.4) is 0 Å². The van der Waals surface area contributed by atoms with Crippen molar-refractivity contribution >= 4 is 33.5 Å². The van der Waals surface area contributed by atoms with Gasteiger partial charge in [-0.25, -0.2) is 9.97 Å². The van der Waals surface area contributed by atoms with Crippen molar-refractivity contribution in [1.29, 1.82) is 0 Å². The molecule has 0 atom stereocenters. The van der Waals surface area contributed by atoms with Gasteiger partial charge in [-0.3, -0.25) is 4.79 Å². The summed E-state index contributed by atoms with van der Waals surface area (Å²) in [6.45, 7) is 3.91. The molecule has 1 aliphatic heterocycles. The number of carbonyl (C=O) groups excluding carboxylic acids is 1. The molecule has 0 radical (unpaired) electrons. The van der Waals surface area contributed by atoms with Crippen molar-refractivity contribution in [1.82, 2.24) is 9.97 Å². The fraction of sp³-hybridized carbons (Fsp3) is 0.353. The van der Waals surface area contributed by atoms with Crippen molar-refractivity contribution in [3.05, 3.63) is 46.2 Å². The molecule has 0 saturated carbocycles. The fourth-order valence-corrected chi connectivity index (χ4v) is 3.22. The molecule has 0 aliphatic carbocycles. The number of nitrogens with one attached hydrogen (secondary N) is 1. The number of hydrogen-bond donors (Lipinski definition) is 1. The Labute approximate surface area is 144 Å². The van der Waals surface area contributed by atoms with Gasteiger partial charge in [0, 0.05) is 23.8 Å². The van der Waals surface area contributed by atoms with Crippen LogP contribution in [0.15, 0.2) is 34.9 Å². The first-order valence-corrected chi connectivity index (χ1v) is 8.58. The van der Waals surface area contributed by atoms with Gasteiger partial charge < -0.3 is 10.2 Å². The summed E-state index contributed by atoms with van der Waals surface area (Å²) in [5.41, 5.74) is 2.25. The number of carbonyl (C=O) groups is 1. The Morgan fingerprint density at radius 2 is 2.00 bits per heavy atom. The lowest BCUT2D eigenvalue weighted by Crippen LogP contribution is -2.31. The van der Waals surface area contributed by atoms with Gasteiger partial charge in [-0.15, -0.1) is 0 Å². The molecule has 6 heteroatoms. The predicted octanol–water partition coefficient (Wildman–Crippen LogP) is 3.79. The molecule has 1 aliphatic rings. The maximum absolute atomic E-state index is 12.4. The van der Waals surface area contributed by atoms with Crippen LogP contribution in [0.25, 0.3) is 0 Å². The summed E-state index contributed by atoms with van der Waals surface area (Å²) in [5, 5.41) is 2.89. The van der Waals surface area contributed by atoms with Gasteiger partial charge in [-0.1, -0.05) is 6.07 Å². The summed E-state index contributed by atoms with van der Waals surface area (Å²) in [7, 11) is 0. The zero-order chi connectivity index (χ0) is 16.2. The Kier molecular flexibility index (Phi) is 4.91. The van der Waals surface area contributed by atoms with Crippen LogP contribution < -0.4 is 10.2 Å². The van der Waals surface area contributed by atoms with E-state index in [1.165, 1.54) is 6.42 Å². The van der Waals surface area contributed by atoms with E-state index in [-0.39, 0.29) is 5.91 Å². The zero-order valence-corrected chi connectivity index (χ0v) is 14.6. The highest BCUT2D eigenvalue weighted by Gasteiger charge is 2.16. The maximum Gasteiger partial charge on any atom is 0.274 e. The lowest BCUT2D eigenvalue weighted by Gasteiger charge is -2.26. The van der Waals surface area contributed by atoms with E-state index in [0.717, 1.165) is 41.7 Å². The molecule has 1 N–H and O–H groups in total. The molecular weight excluding hydrogens is 356 g/mol. The van der Waals surface area contributed by atoms with Gasteiger partial charge in [-0.05, 0) is 65.9 Å². The van der Waals surface area contributed by atoms with Gasteiger partial charge >= 0.3 is 0 Å². The summed E-state index contributed by atoms with van der Waals surface area (Å²) in [6.07, 6.45) is 5.19. The molecule has 1 saturated heterocycles. The van der Waals surface area contributed by atoms with E-state index in [1.807, 2.05) is 25.1 Å². The third kappa shape index (κ3) is 3.88. The van der Waals surface area contributed by atoms with Crippen LogP contribution in [0.2, 0.25) is 0 Å². The molecule has 0 bridgehead atoms. The second-order valence-corrected chi connectivity index (χ2v) is 6.58. The molecule has 3 rings (SSSR count). The minimum absolute atomic E-state index is 0.227. The highest BCUT2D eigenvalue weighted by molar-refractivity contribution is 9.10. The SMILES string of the molecule is Cc1ccc(NC(=O)c2ccnc(N3CCCCC3)n2)c(Br)c1. The fourth-order valence-electron chi connectivity index (χ4n) is 2.63. The van der Waals surface area contributed by atoms with E-state index in [2.05, 4.69) is 36.1 Å². The Hall–Kier alpha value is -1.95. The Morgan fingerprint density at radius 1 is 1.22 bits per heavy atom. The van der Waals surface area contributed by atoms with Crippen molar-refractivity contribution < 1.29 is 4.79 Å². The summed E-state index contributed by atoms with van der Waals surface area (Å²) >= 11 is 3.47. The van der Waals surface area contributed by atoms with Gasteiger partial charge in [0.05, 0.1) is 5.69 Å². The molecule has 1 aromatic heterocycles. The Bertz CT molecular complexity index is 713. The van der Waals surface area contributed by atoms with E-state index in [1.54, 1.807) is 12.3 Å². The van der Waals surface area contributed by atoms with E-state index in [0.29, 0.717) is 11.6 Å². The second-order valence-electron chi connectivity index (χ2n) is 5.73. The number of nitrogens with zero attached hydrogens (tertiary/aromatic N) is 3. The lowest BCUT2D eigenvalue weighted by molar-refractivity contribution is 0.102. The minimum atomic E-state index is -0.227. The first-order valence-electron chi connectivity index (χ1n) is 7.79. The summed E-state index contributed by atoms with van der Waals surface area (Å²) in [5.74, 6) is 0.413. The number of rotatable bonds is 3. The van der Waals surface area contributed by atoms with Crippen molar-refractivity contribution in [2.75, 3.05) is 23.3 Å². The predicted molar refractivity (Wildman–Crippen MR) is 94.9 cm³/mol. The number of hydrogen-bond acceptors (Lipinski definition) is 4. The van der Waals surface area contributed by atoms with E-state index in [9.17, 15) is 4.79 Å². The van der Waals surface area contributed by atoms with Crippen LogP contribution in [0.4, 0.5) is 11.6 Å². The second kappa shape index (κ2) is 7.08.